The fourth-order valence-electron chi connectivity index (χ4n) is 1.04. The fourth-order valence-corrected chi connectivity index (χ4v) is 1.92. The molecule has 2 nitrogen and oxygen atoms in total. The van der Waals surface area contributed by atoms with Crippen molar-refractivity contribution in [3.05, 3.63) is 18.3 Å². The van der Waals surface area contributed by atoms with Crippen LogP contribution in [0.4, 0.5) is 5.82 Å². The van der Waals surface area contributed by atoms with E-state index in [0.29, 0.717) is 0 Å². The maximum atomic E-state index is 4.23. The predicted octanol–water partition coefficient (Wildman–Crippen LogP) is 3.26. The topological polar surface area (TPSA) is 24.9 Å². The molecule has 0 saturated carbocycles. The average molecular weight is 210 g/mol. The molecule has 0 atom stereocenters. The van der Waals surface area contributed by atoms with Gasteiger partial charge in [0.25, 0.3) is 0 Å². The zero-order valence-corrected chi connectivity index (χ0v) is 9.90. The van der Waals surface area contributed by atoms with Crippen LogP contribution in [0.5, 0.6) is 0 Å². The van der Waals surface area contributed by atoms with Gasteiger partial charge in [-0.05, 0) is 25.0 Å². The molecule has 0 fully saturated rings. The number of hydrogen-bond acceptors (Lipinski definition) is 3. The molecular formula is C11H18N2S. The number of anilines is 1. The normalized spacial score (nSPS) is 10.6. The number of thioether (sulfide) groups is 1. The first-order valence-electron chi connectivity index (χ1n) is 5.05. The van der Waals surface area contributed by atoms with Crippen molar-refractivity contribution in [2.24, 2.45) is 5.92 Å². The van der Waals surface area contributed by atoms with Gasteiger partial charge in [-0.1, -0.05) is 13.8 Å². The van der Waals surface area contributed by atoms with Crippen LogP contribution in [0.3, 0.4) is 0 Å². The van der Waals surface area contributed by atoms with E-state index in [1.807, 2.05) is 18.0 Å². The Labute approximate surface area is 90.5 Å². The minimum atomic E-state index is 0.732. The SMILES string of the molecule is CCNc1cc(SCC(C)C)ccn1. The number of hydrogen-bond donors (Lipinski definition) is 1. The Kier molecular flexibility index (Phi) is 4.80. The minimum Gasteiger partial charge on any atom is -0.370 e. The summed E-state index contributed by atoms with van der Waals surface area (Å²) in [4.78, 5) is 5.53. The second kappa shape index (κ2) is 5.91. The second-order valence-corrected chi connectivity index (χ2v) is 4.71. The summed E-state index contributed by atoms with van der Waals surface area (Å²) in [5.41, 5.74) is 0. The molecule has 1 heterocycles. The zero-order chi connectivity index (χ0) is 10.4. The predicted molar refractivity (Wildman–Crippen MR) is 64.0 cm³/mol. The van der Waals surface area contributed by atoms with Crippen LogP contribution in [0.15, 0.2) is 23.2 Å². The van der Waals surface area contributed by atoms with E-state index in [2.05, 4.69) is 43.2 Å². The Morgan fingerprint density at radius 2 is 2.29 bits per heavy atom. The molecule has 1 rings (SSSR count). The Balaban J connectivity index is 2.54. The number of rotatable bonds is 5. The van der Waals surface area contributed by atoms with E-state index in [0.717, 1.165) is 24.0 Å². The first-order chi connectivity index (χ1) is 6.72. The van der Waals surface area contributed by atoms with Crippen molar-refractivity contribution in [2.45, 2.75) is 25.7 Å². The van der Waals surface area contributed by atoms with Crippen LogP contribution in [0.25, 0.3) is 0 Å². The lowest BCUT2D eigenvalue weighted by atomic mass is 10.3. The van der Waals surface area contributed by atoms with Gasteiger partial charge >= 0.3 is 0 Å². The highest BCUT2D eigenvalue weighted by atomic mass is 32.2. The lowest BCUT2D eigenvalue weighted by molar-refractivity contribution is 0.750. The molecular weight excluding hydrogens is 192 g/mol. The lowest BCUT2D eigenvalue weighted by Gasteiger charge is -2.06. The maximum Gasteiger partial charge on any atom is 0.126 e. The van der Waals surface area contributed by atoms with E-state index in [-0.39, 0.29) is 0 Å². The number of nitrogens with zero attached hydrogens (tertiary/aromatic N) is 1. The molecule has 1 aromatic heterocycles. The first kappa shape index (κ1) is 11.4. The Morgan fingerprint density at radius 3 is 2.93 bits per heavy atom. The zero-order valence-electron chi connectivity index (χ0n) is 9.08. The molecule has 78 valence electrons. The Hall–Kier alpha value is -0.700. The average Bonchev–Trinajstić information content (AvgIpc) is 2.16. The van der Waals surface area contributed by atoms with Gasteiger partial charge in [-0.25, -0.2) is 4.98 Å². The summed E-state index contributed by atoms with van der Waals surface area (Å²) >= 11 is 1.89. The summed E-state index contributed by atoms with van der Waals surface area (Å²) in [7, 11) is 0. The molecule has 0 unspecified atom stereocenters. The van der Waals surface area contributed by atoms with Gasteiger partial charge in [-0.2, -0.15) is 0 Å². The van der Waals surface area contributed by atoms with E-state index in [1.165, 1.54) is 4.90 Å². The summed E-state index contributed by atoms with van der Waals surface area (Å²) < 4.78 is 0. The Morgan fingerprint density at radius 1 is 1.50 bits per heavy atom. The molecule has 1 aromatic rings. The molecule has 0 spiro atoms. The largest absolute Gasteiger partial charge is 0.370 e. The van der Waals surface area contributed by atoms with Crippen LogP contribution >= 0.6 is 11.8 Å². The van der Waals surface area contributed by atoms with Crippen LogP contribution in [0.1, 0.15) is 20.8 Å². The molecule has 14 heavy (non-hydrogen) atoms. The number of aromatic nitrogens is 1. The molecule has 0 aliphatic rings. The number of pyridine rings is 1. The smallest absolute Gasteiger partial charge is 0.126 e. The Bertz CT molecular complexity index is 274. The molecule has 0 aliphatic carbocycles. The lowest BCUT2D eigenvalue weighted by Crippen LogP contribution is -1.98. The van der Waals surface area contributed by atoms with Crippen molar-refractivity contribution < 1.29 is 0 Å². The highest BCUT2D eigenvalue weighted by Crippen LogP contribution is 2.21. The molecule has 0 saturated heterocycles. The van der Waals surface area contributed by atoms with E-state index >= 15 is 0 Å². The van der Waals surface area contributed by atoms with Crippen molar-refractivity contribution in [3.8, 4) is 0 Å². The standard InChI is InChI=1S/C11H18N2S/c1-4-12-11-7-10(5-6-13-11)14-8-9(2)3/h5-7,9H,4,8H2,1-3H3,(H,12,13). The van der Waals surface area contributed by atoms with Gasteiger partial charge in [0.15, 0.2) is 0 Å². The van der Waals surface area contributed by atoms with Crippen molar-refractivity contribution in [2.75, 3.05) is 17.6 Å². The summed E-state index contributed by atoms with van der Waals surface area (Å²) in [6.07, 6.45) is 1.86. The molecule has 0 aliphatic heterocycles. The van der Waals surface area contributed by atoms with E-state index in [9.17, 15) is 0 Å². The highest BCUT2D eigenvalue weighted by molar-refractivity contribution is 7.99. The first-order valence-corrected chi connectivity index (χ1v) is 6.03. The van der Waals surface area contributed by atoms with Crippen LogP contribution in [0.2, 0.25) is 0 Å². The molecule has 0 amide bonds. The van der Waals surface area contributed by atoms with Gasteiger partial charge in [0.1, 0.15) is 5.82 Å². The summed E-state index contributed by atoms with van der Waals surface area (Å²) in [5, 5.41) is 3.21. The van der Waals surface area contributed by atoms with Crippen molar-refractivity contribution >= 4 is 17.6 Å². The highest BCUT2D eigenvalue weighted by Gasteiger charge is 1.99. The van der Waals surface area contributed by atoms with Gasteiger partial charge in [-0.3, -0.25) is 0 Å². The van der Waals surface area contributed by atoms with Crippen LogP contribution < -0.4 is 5.32 Å². The van der Waals surface area contributed by atoms with Crippen LogP contribution in [-0.2, 0) is 0 Å². The summed E-state index contributed by atoms with van der Waals surface area (Å²) in [6, 6.07) is 4.17. The van der Waals surface area contributed by atoms with Crippen molar-refractivity contribution in [3.63, 3.8) is 0 Å². The van der Waals surface area contributed by atoms with Gasteiger partial charge in [0, 0.05) is 23.4 Å². The van der Waals surface area contributed by atoms with Gasteiger partial charge < -0.3 is 5.32 Å². The van der Waals surface area contributed by atoms with Crippen molar-refractivity contribution in [1.29, 1.82) is 0 Å². The monoisotopic (exact) mass is 210 g/mol. The van der Waals surface area contributed by atoms with Crippen LogP contribution in [-0.4, -0.2) is 17.3 Å². The quantitative estimate of drug-likeness (QED) is 0.755. The molecule has 3 heteroatoms. The maximum absolute atomic E-state index is 4.23. The summed E-state index contributed by atoms with van der Waals surface area (Å²) in [5.74, 6) is 2.87. The minimum absolute atomic E-state index is 0.732. The molecule has 1 N–H and O–H groups in total. The van der Waals surface area contributed by atoms with Gasteiger partial charge in [0.2, 0.25) is 0 Å². The van der Waals surface area contributed by atoms with E-state index < -0.39 is 0 Å². The molecule has 0 radical (unpaired) electrons. The van der Waals surface area contributed by atoms with Gasteiger partial charge in [0.05, 0.1) is 0 Å². The van der Waals surface area contributed by atoms with Gasteiger partial charge in [-0.15, -0.1) is 11.8 Å². The fraction of sp³-hybridized carbons (Fsp3) is 0.545. The van der Waals surface area contributed by atoms with Crippen molar-refractivity contribution in [1.82, 2.24) is 4.98 Å². The summed E-state index contributed by atoms with van der Waals surface area (Å²) in [6.45, 7) is 7.47. The molecule has 0 aromatic carbocycles. The van der Waals surface area contributed by atoms with Crippen LogP contribution in [0, 0.1) is 5.92 Å². The second-order valence-electron chi connectivity index (χ2n) is 3.61. The third kappa shape index (κ3) is 4.01. The third-order valence-corrected chi connectivity index (χ3v) is 3.09. The number of nitrogens with one attached hydrogen (secondary N) is 1. The third-order valence-electron chi connectivity index (χ3n) is 1.67. The van der Waals surface area contributed by atoms with E-state index in [1.54, 1.807) is 0 Å². The van der Waals surface area contributed by atoms with E-state index in [4.69, 9.17) is 0 Å². The molecule has 0 bridgehead atoms.